The number of alkyl halides is 3. The number of carboxylic acid groups (broad SMARTS) is 1. The number of hydrogen-bond acceptors (Lipinski definition) is 7. The van der Waals surface area contributed by atoms with E-state index in [4.69, 9.17) is 14.3 Å². The highest BCUT2D eigenvalue weighted by atomic mass is 19.4. The van der Waals surface area contributed by atoms with Crippen molar-refractivity contribution in [3.05, 3.63) is 35.4 Å². The first kappa shape index (κ1) is 21.4. The van der Waals surface area contributed by atoms with E-state index in [0.29, 0.717) is 29.0 Å². The van der Waals surface area contributed by atoms with Crippen molar-refractivity contribution in [1.29, 1.82) is 0 Å². The van der Waals surface area contributed by atoms with Crippen LogP contribution in [0.1, 0.15) is 11.1 Å². The second-order valence-corrected chi connectivity index (χ2v) is 6.54. The summed E-state index contributed by atoms with van der Waals surface area (Å²) in [6.45, 7) is 4.44. The predicted octanol–water partition coefficient (Wildman–Crippen LogP) is 3.03. The number of oxazole rings is 1. The van der Waals surface area contributed by atoms with Gasteiger partial charge < -0.3 is 24.8 Å². The predicted molar refractivity (Wildman–Crippen MR) is 102 cm³/mol. The van der Waals surface area contributed by atoms with Crippen LogP contribution in [0.2, 0.25) is 0 Å². The molecule has 8 nitrogen and oxygen atoms in total. The van der Waals surface area contributed by atoms with Crippen molar-refractivity contribution < 1.29 is 32.6 Å². The van der Waals surface area contributed by atoms with Crippen LogP contribution in [0, 0.1) is 6.92 Å². The number of hydrogen-bond donors (Lipinski definition) is 3. The fourth-order valence-corrected chi connectivity index (χ4v) is 3.20. The van der Waals surface area contributed by atoms with E-state index >= 15 is 0 Å². The lowest BCUT2D eigenvalue weighted by Crippen LogP contribution is -2.43. The molecule has 3 aromatic rings. The van der Waals surface area contributed by atoms with Gasteiger partial charge in [-0.05, 0) is 36.8 Å². The molecule has 3 heterocycles. The van der Waals surface area contributed by atoms with Crippen molar-refractivity contribution in [3.63, 3.8) is 0 Å². The third-order valence-corrected chi connectivity index (χ3v) is 4.53. The van der Waals surface area contributed by atoms with E-state index in [1.54, 1.807) is 12.1 Å². The number of rotatable bonds is 2. The summed E-state index contributed by atoms with van der Waals surface area (Å²) >= 11 is 0. The Bertz CT molecular complexity index is 1020. The van der Waals surface area contributed by atoms with Crippen LogP contribution in [0.4, 0.5) is 19.2 Å². The summed E-state index contributed by atoms with van der Waals surface area (Å²) in [5.74, 6) is -0.472. The molecule has 0 aliphatic carbocycles. The fourth-order valence-electron chi connectivity index (χ4n) is 3.20. The second kappa shape index (κ2) is 8.57. The van der Waals surface area contributed by atoms with Gasteiger partial charge in [-0.3, -0.25) is 4.79 Å². The number of aryl methyl sites for hydroxylation is 1. The van der Waals surface area contributed by atoms with Crippen LogP contribution in [0.3, 0.4) is 0 Å². The molecule has 3 N–H and O–H groups in total. The van der Waals surface area contributed by atoms with Crippen molar-refractivity contribution in [1.82, 2.24) is 15.3 Å². The van der Waals surface area contributed by atoms with E-state index in [-0.39, 0.29) is 17.6 Å². The Morgan fingerprint density at radius 3 is 2.47 bits per heavy atom. The van der Waals surface area contributed by atoms with Gasteiger partial charge in [0.25, 0.3) is 12.5 Å². The number of anilines is 1. The van der Waals surface area contributed by atoms with Crippen molar-refractivity contribution in [2.75, 3.05) is 31.1 Å². The highest BCUT2D eigenvalue weighted by molar-refractivity contribution is 5.78. The average Bonchev–Trinajstić information content (AvgIpc) is 3.11. The van der Waals surface area contributed by atoms with Gasteiger partial charge in [-0.1, -0.05) is 0 Å². The number of fused-ring (bicyclic) bond motifs is 1. The standard InChI is InChI=1S/C18H17F3N4O2.CH2O2/c1-10-8-11(18(19,20)21)9-13(26)15(10)12-2-3-14-16(23-12)24-17(27-14)25-6-4-22-5-7-25;2-1-3/h2-3,8-9,22,26H,4-7H2,1H3;1H,(H,2,3). The fraction of sp³-hybridized carbons (Fsp3) is 0.316. The third-order valence-electron chi connectivity index (χ3n) is 4.53. The van der Waals surface area contributed by atoms with Crippen LogP contribution in [-0.2, 0) is 11.0 Å². The van der Waals surface area contributed by atoms with Gasteiger partial charge in [0.1, 0.15) is 5.75 Å². The molecule has 1 aromatic carbocycles. The van der Waals surface area contributed by atoms with Gasteiger partial charge in [0, 0.05) is 31.7 Å². The zero-order valence-corrected chi connectivity index (χ0v) is 15.9. The molecule has 1 aliphatic heterocycles. The molecule has 1 aliphatic rings. The monoisotopic (exact) mass is 424 g/mol. The van der Waals surface area contributed by atoms with Crippen molar-refractivity contribution in [2.24, 2.45) is 0 Å². The summed E-state index contributed by atoms with van der Waals surface area (Å²) < 4.78 is 44.5. The molecule has 2 aromatic heterocycles. The molecule has 1 saturated heterocycles. The van der Waals surface area contributed by atoms with Gasteiger partial charge in [-0.2, -0.15) is 18.2 Å². The number of nitrogens with one attached hydrogen (secondary N) is 1. The summed E-state index contributed by atoms with van der Waals surface area (Å²) in [5, 5.41) is 20.3. The summed E-state index contributed by atoms with van der Waals surface area (Å²) in [6, 6.07) is 5.43. The highest BCUT2D eigenvalue weighted by Crippen LogP contribution is 2.39. The summed E-state index contributed by atoms with van der Waals surface area (Å²) in [7, 11) is 0. The number of nitrogens with zero attached hydrogens (tertiary/aromatic N) is 3. The number of aromatic nitrogens is 2. The lowest BCUT2D eigenvalue weighted by molar-refractivity contribution is -0.137. The van der Waals surface area contributed by atoms with E-state index in [2.05, 4.69) is 15.3 Å². The lowest BCUT2D eigenvalue weighted by atomic mass is 10.0. The Hall–Kier alpha value is -3.34. The van der Waals surface area contributed by atoms with Gasteiger partial charge in [-0.25, -0.2) is 4.98 Å². The Labute approximate surface area is 169 Å². The largest absolute Gasteiger partial charge is 0.507 e. The first-order chi connectivity index (χ1) is 14.2. The molecule has 0 bridgehead atoms. The summed E-state index contributed by atoms with van der Waals surface area (Å²) in [4.78, 5) is 19.1. The minimum absolute atomic E-state index is 0.247. The lowest BCUT2D eigenvalue weighted by Gasteiger charge is -2.25. The molecule has 30 heavy (non-hydrogen) atoms. The molecule has 4 rings (SSSR count). The molecule has 11 heteroatoms. The molecule has 0 amide bonds. The van der Waals surface area contributed by atoms with Gasteiger partial charge in [0.05, 0.1) is 11.3 Å². The van der Waals surface area contributed by atoms with E-state index in [0.717, 1.165) is 32.2 Å². The molecule has 0 spiro atoms. The zero-order valence-electron chi connectivity index (χ0n) is 15.9. The topological polar surface area (TPSA) is 112 Å². The summed E-state index contributed by atoms with van der Waals surface area (Å²) in [6.07, 6.45) is -4.53. The summed E-state index contributed by atoms with van der Waals surface area (Å²) in [5.41, 5.74) is 0.795. The number of pyridine rings is 1. The van der Waals surface area contributed by atoms with Crippen LogP contribution in [0.15, 0.2) is 28.7 Å². The number of phenols is 1. The van der Waals surface area contributed by atoms with E-state index in [9.17, 15) is 18.3 Å². The van der Waals surface area contributed by atoms with Gasteiger partial charge in [-0.15, -0.1) is 0 Å². The van der Waals surface area contributed by atoms with Crippen molar-refractivity contribution in [2.45, 2.75) is 13.1 Å². The number of carbonyl (C=O) groups is 1. The van der Waals surface area contributed by atoms with Crippen LogP contribution in [-0.4, -0.2) is 52.8 Å². The Morgan fingerprint density at radius 1 is 1.20 bits per heavy atom. The number of halogens is 3. The van der Waals surface area contributed by atoms with Gasteiger partial charge in [0.2, 0.25) is 5.65 Å². The Balaban J connectivity index is 0.000000806. The average molecular weight is 424 g/mol. The van der Waals surface area contributed by atoms with Crippen LogP contribution >= 0.6 is 0 Å². The first-order valence-corrected chi connectivity index (χ1v) is 8.97. The highest BCUT2D eigenvalue weighted by Gasteiger charge is 2.32. The molecule has 0 saturated carbocycles. The Morgan fingerprint density at radius 2 is 1.87 bits per heavy atom. The number of piperazine rings is 1. The van der Waals surface area contributed by atoms with Crippen LogP contribution in [0.5, 0.6) is 5.75 Å². The molecule has 0 atom stereocenters. The number of phenolic OH excluding ortho intramolecular Hbond substituents is 1. The smallest absolute Gasteiger partial charge is 0.416 e. The molecular formula is C19H19F3N4O4. The Kier molecular flexibility index (Phi) is 6.11. The molecule has 0 unspecified atom stereocenters. The molecule has 0 radical (unpaired) electrons. The zero-order chi connectivity index (χ0) is 21.9. The number of benzene rings is 1. The van der Waals surface area contributed by atoms with Crippen LogP contribution < -0.4 is 10.2 Å². The molecular weight excluding hydrogens is 405 g/mol. The van der Waals surface area contributed by atoms with Crippen LogP contribution in [0.25, 0.3) is 22.5 Å². The maximum Gasteiger partial charge on any atom is 0.416 e. The van der Waals surface area contributed by atoms with E-state index < -0.39 is 17.5 Å². The van der Waals surface area contributed by atoms with Gasteiger partial charge in [0.15, 0.2) is 5.58 Å². The molecule has 1 fully saturated rings. The maximum absolute atomic E-state index is 12.9. The minimum atomic E-state index is -4.53. The first-order valence-electron chi connectivity index (χ1n) is 8.97. The van der Waals surface area contributed by atoms with Gasteiger partial charge >= 0.3 is 6.18 Å². The maximum atomic E-state index is 12.9. The SMILES string of the molecule is Cc1cc(C(F)(F)F)cc(O)c1-c1ccc2oc(N3CCNCC3)nc2n1.O=CO. The number of aromatic hydroxyl groups is 1. The minimum Gasteiger partial charge on any atom is -0.507 e. The quantitative estimate of drug-likeness (QED) is 0.539. The molecule has 160 valence electrons. The van der Waals surface area contributed by atoms with Crippen molar-refractivity contribution >= 4 is 23.7 Å². The van der Waals surface area contributed by atoms with Crippen molar-refractivity contribution in [3.8, 4) is 17.0 Å². The van der Waals surface area contributed by atoms with E-state index in [1.165, 1.54) is 6.92 Å². The second-order valence-electron chi connectivity index (χ2n) is 6.54. The normalized spacial score (nSPS) is 14.3. The van der Waals surface area contributed by atoms with E-state index in [1.807, 2.05) is 4.90 Å². The third kappa shape index (κ3) is 4.46.